The molecule has 0 saturated heterocycles. The van der Waals surface area contributed by atoms with E-state index in [1.165, 1.54) is 37.7 Å². The van der Waals surface area contributed by atoms with Crippen molar-refractivity contribution in [3.63, 3.8) is 0 Å². The Kier molecular flexibility index (Phi) is 13.9. The van der Waals surface area contributed by atoms with Gasteiger partial charge in [0.05, 0.1) is 5.92 Å². The predicted octanol–water partition coefficient (Wildman–Crippen LogP) is 5.82. The summed E-state index contributed by atoms with van der Waals surface area (Å²) in [6.07, 6.45) is 11.4. The quantitative estimate of drug-likeness (QED) is 0.327. The van der Waals surface area contributed by atoms with Crippen LogP contribution in [0.15, 0.2) is 12.2 Å². The lowest BCUT2D eigenvalue weighted by atomic mass is 9.75. The van der Waals surface area contributed by atoms with Crippen LogP contribution >= 0.6 is 0 Å². The Bertz CT molecular complexity index is 442. The van der Waals surface area contributed by atoms with E-state index in [1.807, 2.05) is 13.8 Å². The van der Waals surface area contributed by atoms with E-state index in [9.17, 15) is 19.8 Å². The Hall–Kier alpha value is -1.36. The van der Waals surface area contributed by atoms with Crippen LogP contribution in [0.3, 0.4) is 0 Å². The minimum absolute atomic E-state index is 0.302. The van der Waals surface area contributed by atoms with Gasteiger partial charge >= 0.3 is 11.9 Å². The highest BCUT2D eigenvalue weighted by atomic mass is 16.5. The standard InChI is InChI=1S/C18H32O5.C4H8/c1-2-3-4-5-6-7-8-11-14-23-18(17(21)22)13-10-9-12-15(18)16(19)20;1-4(2)3/h15H,2-14H2,1H3,(H,19,20)(H,21,22);1H2,2-3H3. The van der Waals surface area contributed by atoms with Crippen molar-refractivity contribution in [3.05, 3.63) is 12.2 Å². The van der Waals surface area contributed by atoms with Crippen LogP contribution in [0, 0.1) is 5.92 Å². The van der Waals surface area contributed by atoms with Crippen molar-refractivity contribution in [3.8, 4) is 0 Å². The first kappa shape index (κ1) is 25.6. The van der Waals surface area contributed by atoms with E-state index in [2.05, 4.69) is 13.5 Å². The minimum Gasteiger partial charge on any atom is -0.481 e. The average molecular weight is 385 g/mol. The Balaban J connectivity index is 0.00000153. The molecule has 1 fully saturated rings. The van der Waals surface area contributed by atoms with Gasteiger partial charge in [-0.05, 0) is 39.5 Å². The molecule has 2 unspecified atom stereocenters. The highest BCUT2D eigenvalue weighted by molar-refractivity contribution is 5.86. The first-order valence-electron chi connectivity index (χ1n) is 10.5. The summed E-state index contributed by atoms with van der Waals surface area (Å²) >= 11 is 0. The van der Waals surface area contributed by atoms with Gasteiger partial charge in [0, 0.05) is 6.61 Å². The molecule has 1 aliphatic rings. The largest absolute Gasteiger partial charge is 0.481 e. The van der Waals surface area contributed by atoms with Gasteiger partial charge in [-0.2, -0.15) is 0 Å². The molecule has 0 aromatic heterocycles. The highest BCUT2D eigenvalue weighted by Crippen LogP contribution is 2.37. The second kappa shape index (κ2) is 14.7. The van der Waals surface area contributed by atoms with Crippen LogP contribution in [0.25, 0.3) is 0 Å². The van der Waals surface area contributed by atoms with E-state index in [4.69, 9.17) is 4.74 Å². The number of hydrogen-bond donors (Lipinski definition) is 2. The van der Waals surface area contributed by atoms with Crippen molar-refractivity contribution >= 4 is 11.9 Å². The molecule has 1 rings (SSSR count). The van der Waals surface area contributed by atoms with Crippen LogP contribution in [0.2, 0.25) is 0 Å². The molecule has 2 atom stereocenters. The SMILES string of the molecule is C=C(C)C.CCCCCCCCCCOC1(C(=O)O)CCCCC1C(=O)O. The fourth-order valence-electron chi connectivity index (χ4n) is 3.45. The molecule has 0 aromatic carbocycles. The zero-order valence-electron chi connectivity index (χ0n) is 17.6. The second-order valence-electron chi connectivity index (χ2n) is 7.86. The first-order chi connectivity index (χ1) is 12.8. The maximum Gasteiger partial charge on any atom is 0.336 e. The van der Waals surface area contributed by atoms with E-state index in [0.29, 0.717) is 25.9 Å². The van der Waals surface area contributed by atoms with Gasteiger partial charge in [-0.1, -0.05) is 63.9 Å². The topological polar surface area (TPSA) is 83.8 Å². The molecule has 0 amide bonds. The Morgan fingerprint density at radius 2 is 1.52 bits per heavy atom. The van der Waals surface area contributed by atoms with Crippen LogP contribution in [0.4, 0.5) is 0 Å². The van der Waals surface area contributed by atoms with Crippen LogP contribution in [0.5, 0.6) is 0 Å². The normalized spacial score (nSPS) is 21.8. The van der Waals surface area contributed by atoms with Gasteiger partial charge in [-0.3, -0.25) is 4.79 Å². The van der Waals surface area contributed by atoms with Crippen molar-refractivity contribution in [2.24, 2.45) is 5.92 Å². The summed E-state index contributed by atoms with van der Waals surface area (Å²) in [5, 5.41) is 18.9. The number of carbonyl (C=O) groups is 2. The summed E-state index contributed by atoms with van der Waals surface area (Å²) in [6, 6.07) is 0. The zero-order valence-corrected chi connectivity index (χ0v) is 17.6. The van der Waals surface area contributed by atoms with E-state index >= 15 is 0 Å². The monoisotopic (exact) mass is 384 g/mol. The minimum atomic E-state index is -1.52. The number of carboxylic acids is 2. The van der Waals surface area contributed by atoms with Gasteiger partial charge in [-0.25, -0.2) is 4.79 Å². The second-order valence-corrected chi connectivity index (χ2v) is 7.86. The predicted molar refractivity (Wildman–Crippen MR) is 109 cm³/mol. The number of unbranched alkanes of at least 4 members (excludes halogenated alkanes) is 7. The van der Waals surface area contributed by atoms with Crippen molar-refractivity contribution in [1.82, 2.24) is 0 Å². The van der Waals surface area contributed by atoms with Gasteiger partial charge in [0.25, 0.3) is 0 Å². The third-order valence-electron chi connectivity index (χ3n) is 4.87. The number of aliphatic carboxylic acids is 2. The molecule has 0 aromatic rings. The molecule has 0 spiro atoms. The number of hydrogen-bond acceptors (Lipinski definition) is 3. The molecule has 27 heavy (non-hydrogen) atoms. The Morgan fingerprint density at radius 1 is 1.00 bits per heavy atom. The van der Waals surface area contributed by atoms with Crippen molar-refractivity contribution in [2.45, 2.75) is 103 Å². The van der Waals surface area contributed by atoms with Crippen molar-refractivity contribution in [2.75, 3.05) is 6.61 Å². The molecule has 0 aliphatic heterocycles. The summed E-state index contributed by atoms with van der Waals surface area (Å²) in [5.74, 6) is -3.10. The third-order valence-corrected chi connectivity index (χ3v) is 4.87. The fourth-order valence-corrected chi connectivity index (χ4v) is 3.45. The number of rotatable bonds is 12. The Labute approximate surface area is 165 Å². The van der Waals surface area contributed by atoms with Gasteiger partial charge in [0.15, 0.2) is 5.60 Å². The van der Waals surface area contributed by atoms with Crippen LogP contribution in [-0.2, 0) is 14.3 Å². The lowest BCUT2D eigenvalue weighted by Gasteiger charge is -2.38. The fraction of sp³-hybridized carbons (Fsp3) is 0.818. The number of allylic oxidation sites excluding steroid dienone is 1. The molecule has 1 saturated carbocycles. The summed E-state index contributed by atoms with van der Waals surface area (Å²) < 4.78 is 5.67. The van der Waals surface area contributed by atoms with E-state index in [1.54, 1.807) is 0 Å². The Morgan fingerprint density at radius 3 is 2.00 bits per heavy atom. The van der Waals surface area contributed by atoms with Crippen LogP contribution in [-0.4, -0.2) is 34.4 Å². The van der Waals surface area contributed by atoms with E-state index in [0.717, 1.165) is 25.7 Å². The summed E-state index contributed by atoms with van der Waals surface area (Å²) in [7, 11) is 0. The molecular formula is C22H40O5. The molecule has 5 heteroatoms. The highest BCUT2D eigenvalue weighted by Gasteiger charge is 2.52. The molecule has 2 N–H and O–H groups in total. The average Bonchev–Trinajstić information content (AvgIpc) is 2.59. The van der Waals surface area contributed by atoms with Gasteiger partial charge in [-0.15, -0.1) is 6.58 Å². The zero-order chi connectivity index (χ0) is 20.7. The smallest absolute Gasteiger partial charge is 0.336 e. The molecule has 0 bridgehead atoms. The molecule has 1 aliphatic carbocycles. The molecule has 0 heterocycles. The lowest BCUT2D eigenvalue weighted by Crippen LogP contribution is -2.53. The van der Waals surface area contributed by atoms with E-state index in [-0.39, 0.29) is 0 Å². The number of carboxylic acid groups (broad SMARTS) is 2. The molecular weight excluding hydrogens is 344 g/mol. The maximum atomic E-state index is 11.7. The van der Waals surface area contributed by atoms with Gasteiger partial charge < -0.3 is 14.9 Å². The summed E-state index contributed by atoms with van der Waals surface area (Å²) in [4.78, 5) is 23.1. The molecule has 0 radical (unpaired) electrons. The maximum absolute atomic E-state index is 11.7. The third kappa shape index (κ3) is 10.5. The first-order valence-corrected chi connectivity index (χ1v) is 10.5. The summed E-state index contributed by atoms with van der Waals surface area (Å²) in [5.41, 5.74) is -0.356. The lowest BCUT2D eigenvalue weighted by molar-refractivity contribution is -0.189. The molecule has 158 valence electrons. The van der Waals surface area contributed by atoms with E-state index < -0.39 is 23.5 Å². The van der Waals surface area contributed by atoms with Crippen molar-refractivity contribution < 1.29 is 24.5 Å². The summed E-state index contributed by atoms with van der Waals surface area (Å²) in [6.45, 7) is 10.0. The van der Waals surface area contributed by atoms with Gasteiger partial charge in [0.2, 0.25) is 0 Å². The van der Waals surface area contributed by atoms with Gasteiger partial charge in [0.1, 0.15) is 0 Å². The van der Waals surface area contributed by atoms with Crippen LogP contribution < -0.4 is 0 Å². The molecule has 5 nitrogen and oxygen atoms in total. The van der Waals surface area contributed by atoms with Crippen LogP contribution in [0.1, 0.15) is 97.8 Å². The van der Waals surface area contributed by atoms with Crippen molar-refractivity contribution in [1.29, 1.82) is 0 Å². The number of ether oxygens (including phenoxy) is 1.